The summed E-state index contributed by atoms with van der Waals surface area (Å²) < 4.78 is 0. The van der Waals surface area contributed by atoms with Crippen LogP contribution >= 0.6 is 11.3 Å². The summed E-state index contributed by atoms with van der Waals surface area (Å²) in [5.74, 6) is 0.930. The van der Waals surface area contributed by atoms with Gasteiger partial charge in [-0.2, -0.15) is 0 Å². The van der Waals surface area contributed by atoms with Gasteiger partial charge < -0.3 is 5.32 Å². The molecule has 2 aliphatic rings. The van der Waals surface area contributed by atoms with Crippen LogP contribution in [0.3, 0.4) is 0 Å². The predicted octanol–water partition coefficient (Wildman–Crippen LogP) is 2.50. The highest BCUT2D eigenvalue weighted by molar-refractivity contribution is 7.09. The molecule has 1 aliphatic carbocycles. The Kier molecular flexibility index (Phi) is 3.43. The Morgan fingerprint density at radius 2 is 2.39 bits per heavy atom. The van der Waals surface area contributed by atoms with Crippen LogP contribution in [0.2, 0.25) is 0 Å². The van der Waals surface area contributed by atoms with E-state index in [2.05, 4.69) is 34.4 Å². The van der Waals surface area contributed by atoms with E-state index < -0.39 is 0 Å². The highest BCUT2D eigenvalue weighted by atomic mass is 32.1. The van der Waals surface area contributed by atoms with Crippen molar-refractivity contribution in [1.82, 2.24) is 15.2 Å². The molecule has 1 aromatic rings. The second-order valence-electron chi connectivity index (χ2n) is 6.03. The van der Waals surface area contributed by atoms with Crippen molar-refractivity contribution in [2.24, 2.45) is 5.92 Å². The predicted molar refractivity (Wildman–Crippen MR) is 75.7 cm³/mol. The molecule has 2 unspecified atom stereocenters. The zero-order valence-corrected chi connectivity index (χ0v) is 12.2. The van der Waals surface area contributed by atoms with E-state index in [0.29, 0.717) is 0 Å². The molecular formula is C14H23N3S. The molecule has 2 heterocycles. The first-order valence-electron chi connectivity index (χ1n) is 7.08. The molecule has 18 heavy (non-hydrogen) atoms. The van der Waals surface area contributed by atoms with Crippen LogP contribution in [-0.4, -0.2) is 34.6 Å². The molecule has 2 atom stereocenters. The first-order valence-corrected chi connectivity index (χ1v) is 7.95. The van der Waals surface area contributed by atoms with E-state index in [9.17, 15) is 0 Å². The minimum Gasteiger partial charge on any atom is -0.309 e. The fourth-order valence-electron chi connectivity index (χ4n) is 2.96. The second-order valence-corrected chi connectivity index (χ2v) is 7.01. The Balaban J connectivity index is 1.72. The molecule has 1 aromatic heterocycles. The van der Waals surface area contributed by atoms with Gasteiger partial charge in [-0.25, -0.2) is 4.98 Å². The van der Waals surface area contributed by atoms with Crippen molar-refractivity contribution in [3.8, 4) is 0 Å². The lowest BCUT2D eigenvalue weighted by atomic mass is 9.92. The molecule has 3 nitrogen and oxygen atoms in total. The zero-order valence-electron chi connectivity index (χ0n) is 11.4. The number of piperazine rings is 1. The van der Waals surface area contributed by atoms with E-state index in [4.69, 9.17) is 0 Å². The number of nitrogens with zero attached hydrogens (tertiary/aromatic N) is 2. The Hall–Kier alpha value is -0.450. The average molecular weight is 265 g/mol. The summed E-state index contributed by atoms with van der Waals surface area (Å²) in [6, 6.07) is 0.730. The van der Waals surface area contributed by atoms with Crippen LogP contribution in [0.4, 0.5) is 0 Å². The highest BCUT2D eigenvalue weighted by Crippen LogP contribution is 2.38. The van der Waals surface area contributed by atoms with E-state index in [-0.39, 0.29) is 5.54 Å². The number of hydrogen-bond acceptors (Lipinski definition) is 4. The Morgan fingerprint density at radius 1 is 1.56 bits per heavy atom. The molecule has 1 N–H and O–H groups in total. The summed E-state index contributed by atoms with van der Waals surface area (Å²) in [5, 5.41) is 7.12. The van der Waals surface area contributed by atoms with Crippen LogP contribution in [0.5, 0.6) is 0 Å². The summed E-state index contributed by atoms with van der Waals surface area (Å²) in [5.41, 5.74) is 0.280. The van der Waals surface area contributed by atoms with Gasteiger partial charge in [-0.05, 0) is 32.1 Å². The lowest BCUT2D eigenvalue weighted by Gasteiger charge is -2.46. The standard InChI is InChI=1S/C14H23N3S/c1-3-14(2)10-17(9-13-15-6-7-18-13)12(8-16-14)11-4-5-11/h6-7,11-12,16H,3-5,8-10H2,1-2H3. The first kappa shape index (κ1) is 12.6. The minimum atomic E-state index is 0.280. The topological polar surface area (TPSA) is 28.2 Å². The number of hydrogen-bond donors (Lipinski definition) is 1. The smallest absolute Gasteiger partial charge is 0.107 e. The van der Waals surface area contributed by atoms with Crippen molar-refractivity contribution in [3.63, 3.8) is 0 Å². The molecular weight excluding hydrogens is 242 g/mol. The maximum atomic E-state index is 4.45. The molecule has 100 valence electrons. The molecule has 2 fully saturated rings. The van der Waals surface area contributed by atoms with Gasteiger partial charge in [-0.1, -0.05) is 6.92 Å². The molecule has 0 aromatic carbocycles. The lowest BCUT2D eigenvalue weighted by molar-refractivity contribution is 0.0661. The van der Waals surface area contributed by atoms with Crippen molar-refractivity contribution >= 4 is 11.3 Å². The zero-order chi connectivity index (χ0) is 12.6. The Bertz CT molecular complexity index is 388. The van der Waals surface area contributed by atoms with Gasteiger partial charge in [0.25, 0.3) is 0 Å². The quantitative estimate of drug-likeness (QED) is 0.906. The fourth-order valence-corrected chi connectivity index (χ4v) is 3.60. The Morgan fingerprint density at radius 3 is 3.00 bits per heavy atom. The number of aromatic nitrogens is 1. The molecule has 1 aliphatic heterocycles. The highest BCUT2D eigenvalue weighted by Gasteiger charge is 2.41. The number of thiazole rings is 1. The van der Waals surface area contributed by atoms with Gasteiger partial charge in [-0.3, -0.25) is 4.90 Å². The van der Waals surface area contributed by atoms with Gasteiger partial charge >= 0.3 is 0 Å². The van der Waals surface area contributed by atoms with Crippen molar-refractivity contribution in [2.75, 3.05) is 13.1 Å². The van der Waals surface area contributed by atoms with Gasteiger partial charge in [0, 0.05) is 36.2 Å². The average Bonchev–Trinajstić information content (AvgIpc) is 3.08. The maximum Gasteiger partial charge on any atom is 0.107 e. The molecule has 3 rings (SSSR count). The van der Waals surface area contributed by atoms with E-state index >= 15 is 0 Å². The maximum absolute atomic E-state index is 4.45. The van der Waals surface area contributed by atoms with Crippen LogP contribution < -0.4 is 5.32 Å². The Labute approximate surface area is 114 Å². The molecule has 0 radical (unpaired) electrons. The van der Waals surface area contributed by atoms with Gasteiger partial charge in [-0.15, -0.1) is 11.3 Å². The summed E-state index contributed by atoms with van der Waals surface area (Å²) in [6.07, 6.45) is 5.96. The normalized spacial score (nSPS) is 33.8. The van der Waals surface area contributed by atoms with Gasteiger partial charge in [0.15, 0.2) is 0 Å². The third kappa shape index (κ3) is 2.60. The number of rotatable bonds is 4. The van der Waals surface area contributed by atoms with Crippen molar-refractivity contribution < 1.29 is 0 Å². The molecule has 0 spiro atoms. The summed E-state index contributed by atoms with van der Waals surface area (Å²) in [6.45, 7) is 7.98. The van der Waals surface area contributed by atoms with Gasteiger partial charge in [0.2, 0.25) is 0 Å². The third-order valence-electron chi connectivity index (χ3n) is 4.53. The van der Waals surface area contributed by atoms with Gasteiger partial charge in [0.1, 0.15) is 5.01 Å². The summed E-state index contributed by atoms with van der Waals surface area (Å²) in [4.78, 5) is 7.13. The second kappa shape index (κ2) is 4.91. The minimum absolute atomic E-state index is 0.280. The fraction of sp³-hybridized carbons (Fsp3) is 0.786. The van der Waals surface area contributed by atoms with Crippen LogP contribution in [-0.2, 0) is 6.54 Å². The molecule has 1 saturated carbocycles. The number of nitrogens with one attached hydrogen (secondary N) is 1. The summed E-state index contributed by atoms with van der Waals surface area (Å²) >= 11 is 1.79. The van der Waals surface area contributed by atoms with Crippen LogP contribution in [0.15, 0.2) is 11.6 Å². The molecule has 0 bridgehead atoms. The van der Waals surface area contributed by atoms with Crippen molar-refractivity contribution in [1.29, 1.82) is 0 Å². The first-order chi connectivity index (χ1) is 8.70. The monoisotopic (exact) mass is 265 g/mol. The SMILES string of the molecule is CCC1(C)CN(Cc2nccs2)C(C2CC2)CN1. The largest absolute Gasteiger partial charge is 0.309 e. The van der Waals surface area contributed by atoms with Crippen molar-refractivity contribution in [3.05, 3.63) is 16.6 Å². The van der Waals surface area contributed by atoms with E-state index in [1.807, 2.05) is 6.20 Å². The van der Waals surface area contributed by atoms with E-state index in [1.54, 1.807) is 11.3 Å². The summed E-state index contributed by atoms with van der Waals surface area (Å²) in [7, 11) is 0. The van der Waals surface area contributed by atoms with Crippen molar-refractivity contribution in [2.45, 2.75) is 51.2 Å². The third-order valence-corrected chi connectivity index (χ3v) is 5.29. The van der Waals surface area contributed by atoms with E-state index in [1.165, 1.54) is 24.3 Å². The molecule has 1 saturated heterocycles. The molecule has 4 heteroatoms. The van der Waals surface area contributed by atoms with Crippen LogP contribution in [0.25, 0.3) is 0 Å². The lowest BCUT2D eigenvalue weighted by Crippen LogP contribution is -2.62. The van der Waals surface area contributed by atoms with E-state index in [0.717, 1.165) is 31.6 Å². The van der Waals surface area contributed by atoms with Gasteiger partial charge in [0.05, 0.1) is 6.54 Å². The van der Waals surface area contributed by atoms with Crippen LogP contribution in [0.1, 0.15) is 38.1 Å². The van der Waals surface area contributed by atoms with Crippen LogP contribution in [0, 0.1) is 5.92 Å². The molecule has 0 amide bonds.